The lowest BCUT2D eigenvalue weighted by atomic mass is 10.1. The Kier molecular flexibility index (Phi) is 7.01. The van der Waals surface area contributed by atoms with E-state index < -0.39 is 0 Å². The molecule has 1 aliphatic carbocycles. The Balaban J connectivity index is 0.00000176. The molecule has 124 valence electrons. The Hall–Kier alpha value is -0.760. The zero-order chi connectivity index (χ0) is 14.5. The van der Waals surface area contributed by atoms with E-state index in [0.717, 1.165) is 36.8 Å². The highest BCUT2D eigenvalue weighted by atomic mass is 127. The van der Waals surface area contributed by atoms with Crippen LogP contribution in [0, 0.1) is 5.92 Å². The van der Waals surface area contributed by atoms with Crippen LogP contribution in [0.3, 0.4) is 0 Å². The van der Waals surface area contributed by atoms with Crippen molar-refractivity contribution in [2.75, 3.05) is 26.2 Å². The van der Waals surface area contributed by atoms with Gasteiger partial charge >= 0.3 is 0 Å². The number of hydrogen-bond donors (Lipinski definition) is 2. The number of hydrogen-bond acceptors (Lipinski definition) is 3. The van der Waals surface area contributed by atoms with Crippen molar-refractivity contribution < 1.29 is 4.42 Å². The molecule has 0 aromatic carbocycles. The molecule has 3 rings (SSSR count). The van der Waals surface area contributed by atoms with Gasteiger partial charge in [0.2, 0.25) is 0 Å². The summed E-state index contributed by atoms with van der Waals surface area (Å²) in [6.45, 7) is 7.08. The lowest BCUT2D eigenvalue weighted by molar-refractivity contribution is 0.314. The van der Waals surface area contributed by atoms with Crippen molar-refractivity contribution in [2.24, 2.45) is 10.9 Å². The molecule has 1 saturated heterocycles. The van der Waals surface area contributed by atoms with Crippen molar-refractivity contribution in [3.8, 4) is 0 Å². The van der Waals surface area contributed by atoms with Crippen molar-refractivity contribution in [1.82, 2.24) is 15.5 Å². The van der Waals surface area contributed by atoms with E-state index in [2.05, 4.69) is 27.4 Å². The SMILES string of the molecule is CCNC(=NCc1ccco1)NCC1CCN(C2CC2)C1.I. The number of nitrogens with one attached hydrogen (secondary N) is 2. The van der Waals surface area contributed by atoms with E-state index >= 15 is 0 Å². The maximum absolute atomic E-state index is 5.32. The minimum absolute atomic E-state index is 0. The summed E-state index contributed by atoms with van der Waals surface area (Å²) in [6, 6.07) is 4.75. The van der Waals surface area contributed by atoms with E-state index in [1.807, 2.05) is 12.1 Å². The van der Waals surface area contributed by atoms with Crippen LogP contribution >= 0.6 is 24.0 Å². The summed E-state index contributed by atoms with van der Waals surface area (Å²) < 4.78 is 5.32. The second-order valence-electron chi connectivity index (χ2n) is 6.04. The standard InChI is InChI=1S/C16H26N4O.HI/c1-2-17-16(19-11-15-4-3-9-21-15)18-10-13-7-8-20(12-13)14-5-6-14;/h3-4,9,13-14H,2,5-8,10-12H2,1H3,(H2,17,18,19);1H. The van der Waals surface area contributed by atoms with E-state index in [9.17, 15) is 0 Å². The second kappa shape index (κ2) is 8.76. The molecule has 1 atom stereocenters. The summed E-state index contributed by atoms with van der Waals surface area (Å²) >= 11 is 0. The maximum Gasteiger partial charge on any atom is 0.191 e. The van der Waals surface area contributed by atoms with Gasteiger partial charge in [0.1, 0.15) is 12.3 Å². The van der Waals surface area contributed by atoms with Crippen LogP contribution in [0.15, 0.2) is 27.8 Å². The zero-order valence-electron chi connectivity index (χ0n) is 13.3. The van der Waals surface area contributed by atoms with Crippen molar-refractivity contribution >= 4 is 29.9 Å². The molecule has 6 heteroatoms. The summed E-state index contributed by atoms with van der Waals surface area (Å²) in [6.07, 6.45) is 5.82. The highest BCUT2D eigenvalue weighted by Crippen LogP contribution is 2.31. The second-order valence-corrected chi connectivity index (χ2v) is 6.04. The van der Waals surface area contributed by atoms with Crippen molar-refractivity contribution in [2.45, 2.75) is 38.8 Å². The van der Waals surface area contributed by atoms with Crippen LogP contribution in [-0.4, -0.2) is 43.1 Å². The Morgan fingerprint density at radius 1 is 1.36 bits per heavy atom. The molecule has 22 heavy (non-hydrogen) atoms. The fourth-order valence-corrected chi connectivity index (χ4v) is 2.94. The highest BCUT2D eigenvalue weighted by molar-refractivity contribution is 14.0. The fraction of sp³-hybridized carbons (Fsp3) is 0.688. The molecular formula is C16H27IN4O. The number of nitrogens with zero attached hydrogens (tertiary/aromatic N) is 2. The average Bonchev–Trinajstić information content (AvgIpc) is 3.03. The smallest absolute Gasteiger partial charge is 0.191 e. The molecule has 5 nitrogen and oxygen atoms in total. The van der Waals surface area contributed by atoms with Gasteiger partial charge in [-0.15, -0.1) is 24.0 Å². The third-order valence-corrected chi connectivity index (χ3v) is 4.26. The van der Waals surface area contributed by atoms with Crippen LogP contribution in [0.25, 0.3) is 0 Å². The summed E-state index contributed by atoms with van der Waals surface area (Å²) in [5, 5.41) is 6.77. The fourth-order valence-electron chi connectivity index (χ4n) is 2.94. The number of likely N-dealkylation sites (tertiary alicyclic amines) is 1. The van der Waals surface area contributed by atoms with Gasteiger partial charge in [0.15, 0.2) is 5.96 Å². The predicted molar refractivity (Wildman–Crippen MR) is 99.6 cm³/mol. The first kappa shape index (κ1) is 17.6. The average molecular weight is 418 g/mol. The number of aliphatic imine (C=N–C) groups is 1. The van der Waals surface area contributed by atoms with E-state index in [-0.39, 0.29) is 24.0 Å². The summed E-state index contributed by atoms with van der Waals surface area (Å²) in [4.78, 5) is 7.22. The van der Waals surface area contributed by atoms with Crippen molar-refractivity contribution in [3.63, 3.8) is 0 Å². The van der Waals surface area contributed by atoms with Crippen LogP contribution in [-0.2, 0) is 6.54 Å². The van der Waals surface area contributed by atoms with Gasteiger partial charge in [-0.05, 0) is 50.8 Å². The van der Waals surface area contributed by atoms with E-state index in [1.165, 1.54) is 32.4 Å². The molecular weight excluding hydrogens is 391 g/mol. The van der Waals surface area contributed by atoms with Crippen LogP contribution in [0.1, 0.15) is 31.9 Å². The minimum atomic E-state index is 0. The Bertz CT molecular complexity index is 459. The molecule has 1 unspecified atom stereocenters. The first-order valence-electron chi connectivity index (χ1n) is 8.13. The monoisotopic (exact) mass is 418 g/mol. The Morgan fingerprint density at radius 3 is 2.91 bits per heavy atom. The first-order chi connectivity index (χ1) is 10.3. The number of halogens is 1. The van der Waals surface area contributed by atoms with E-state index in [0.29, 0.717) is 6.54 Å². The largest absolute Gasteiger partial charge is 0.467 e. The van der Waals surface area contributed by atoms with Gasteiger partial charge in [0.25, 0.3) is 0 Å². The number of furan rings is 1. The van der Waals surface area contributed by atoms with E-state index in [4.69, 9.17) is 4.42 Å². The molecule has 1 aliphatic heterocycles. The first-order valence-corrected chi connectivity index (χ1v) is 8.13. The molecule has 1 aromatic heterocycles. The maximum atomic E-state index is 5.32. The molecule has 1 aromatic rings. The summed E-state index contributed by atoms with van der Waals surface area (Å²) in [7, 11) is 0. The lowest BCUT2D eigenvalue weighted by Crippen LogP contribution is -2.40. The third-order valence-electron chi connectivity index (χ3n) is 4.26. The van der Waals surface area contributed by atoms with Gasteiger partial charge in [-0.2, -0.15) is 0 Å². The number of rotatable bonds is 6. The highest BCUT2D eigenvalue weighted by Gasteiger charge is 2.34. The van der Waals surface area contributed by atoms with Gasteiger partial charge in [0.05, 0.1) is 6.26 Å². The molecule has 2 heterocycles. The van der Waals surface area contributed by atoms with Crippen LogP contribution in [0.4, 0.5) is 0 Å². The molecule has 0 radical (unpaired) electrons. The van der Waals surface area contributed by atoms with Gasteiger partial charge in [-0.1, -0.05) is 0 Å². The lowest BCUT2D eigenvalue weighted by Gasteiger charge is -2.16. The molecule has 0 spiro atoms. The summed E-state index contributed by atoms with van der Waals surface area (Å²) in [5.74, 6) is 2.53. The van der Waals surface area contributed by atoms with Crippen LogP contribution in [0.2, 0.25) is 0 Å². The number of guanidine groups is 1. The zero-order valence-corrected chi connectivity index (χ0v) is 15.6. The topological polar surface area (TPSA) is 52.8 Å². The Morgan fingerprint density at radius 2 is 2.23 bits per heavy atom. The van der Waals surface area contributed by atoms with Gasteiger partial charge in [-0.3, -0.25) is 0 Å². The predicted octanol–water partition coefficient (Wildman–Crippen LogP) is 2.44. The molecule has 0 amide bonds. The molecule has 0 bridgehead atoms. The summed E-state index contributed by atoms with van der Waals surface area (Å²) in [5.41, 5.74) is 0. The minimum Gasteiger partial charge on any atom is -0.467 e. The van der Waals surface area contributed by atoms with Gasteiger partial charge in [-0.25, -0.2) is 4.99 Å². The quantitative estimate of drug-likeness (QED) is 0.424. The van der Waals surface area contributed by atoms with Crippen molar-refractivity contribution in [3.05, 3.63) is 24.2 Å². The van der Waals surface area contributed by atoms with Gasteiger partial charge in [0, 0.05) is 25.7 Å². The van der Waals surface area contributed by atoms with Crippen LogP contribution in [0.5, 0.6) is 0 Å². The molecule has 2 fully saturated rings. The van der Waals surface area contributed by atoms with E-state index in [1.54, 1.807) is 6.26 Å². The van der Waals surface area contributed by atoms with Crippen LogP contribution < -0.4 is 10.6 Å². The third kappa shape index (κ3) is 5.15. The van der Waals surface area contributed by atoms with Crippen molar-refractivity contribution in [1.29, 1.82) is 0 Å². The molecule has 1 saturated carbocycles. The Labute approximate surface area is 149 Å². The molecule has 2 N–H and O–H groups in total. The normalized spacial score (nSPS) is 22.4. The molecule has 2 aliphatic rings. The van der Waals surface area contributed by atoms with Gasteiger partial charge < -0.3 is 20.0 Å².